The second-order valence-electron chi connectivity index (χ2n) is 3.08. The fourth-order valence-corrected chi connectivity index (χ4v) is 2.14. The summed E-state index contributed by atoms with van der Waals surface area (Å²) < 4.78 is 0. The van der Waals surface area contributed by atoms with Gasteiger partial charge in [-0.2, -0.15) is 0 Å². The number of nitrogens with zero attached hydrogens (tertiary/aromatic N) is 1. The second-order valence-corrected chi connectivity index (χ2v) is 4.01. The van der Waals surface area contributed by atoms with E-state index in [9.17, 15) is 0 Å². The second kappa shape index (κ2) is 3.23. The first-order valence-corrected chi connectivity index (χ1v) is 4.97. The molecule has 0 bridgehead atoms. The highest BCUT2D eigenvalue weighted by atomic mass is 32.1. The van der Waals surface area contributed by atoms with Crippen molar-refractivity contribution in [3.8, 4) is 0 Å². The Hall–Kier alpha value is -0.890. The van der Waals surface area contributed by atoms with E-state index in [1.165, 1.54) is 10.6 Å². The van der Waals surface area contributed by atoms with Gasteiger partial charge in [0.2, 0.25) is 0 Å². The van der Waals surface area contributed by atoms with E-state index in [2.05, 4.69) is 30.1 Å². The summed E-state index contributed by atoms with van der Waals surface area (Å²) in [4.78, 5) is 4.31. The quantitative estimate of drug-likeness (QED) is 0.642. The van der Waals surface area contributed by atoms with Crippen LogP contribution in [0.1, 0.15) is 24.3 Å². The molecule has 0 aromatic carbocycles. The Morgan fingerprint density at radius 1 is 1.58 bits per heavy atom. The average molecular weight is 177 g/mol. The van der Waals surface area contributed by atoms with Gasteiger partial charge in [-0.1, -0.05) is 23.8 Å². The van der Waals surface area contributed by atoms with Crippen molar-refractivity contribution in [2.24, 2.45) is 0 Å². The maximum absolute atomic E-state index is 4.31. The molecule has 2 rings (SSSR count). The Labute approximate surface area is 76.5 Å². The van der Waals surface area contributed by atoms with E-state index in [0.717, 1.165) is 6.42 Å². The Bertz CT molecular complexity index is 309. The van der Waals surface area contributed by atoms with Gasteiger partial charge in [0.05, 0.1) is 5.01 Å². The van der Waals surface area contributed by atoms with Crippen molar-refractivity contribution in [2.75, 3.05) is 0 Å². The third-order valence-electron chi connectivity index (χ3n) is 2.03. The van der Waals surface area contributed by atoms with Crippen molar-refractivity contribution in [1.29, 1.82) is 0 Å². The van der Waals surface area contributed by atoms with Crippen LogP contribution in [-0.2, 0) is 0 Å². The maximum Gasteiger partial charge on any atom is 0.0996 e. The average Bonchev–Trinajstić information content (AvgIpc) is 2.56. The van der Waals surface area contributed by atoms with Gasteiger partial charge in [-0.25, -0.2) is 4.98 Å². The largest absolute Gasteiger partial charge is 0.249 e. The SMILES string of the molecule is CC1=CC=CC(c2nccs2)C1. The smallest absolute Gasteiger partial charge is 0.0996 e. The normalized spacial score (nSPS) is 22.4. The molecule has 0 saturated heterocycles. The molecule has 1 unspecified atom stereocenters. The van der Waals surface area contributed by atoms with Gasteiger partial charge in [0.15, 0.2) is 0 Å². The first-order valence-electron chi connectivity index (χ1n) is 4.09. The number of allylic oxidation sites excluding steroid dienone is 4. The molecule has 0 spiro atoms. The van der Waals surface area contributed by atoms with Crippen LogP contribution >= 0.6 is 11.3 Å². The van der Waals surface area contributed by atoms with E-state index in [4.69, 9.17) is 0 Å². The van der Waals surface area contributed by atoms with E-state index in [0.29, 0.717) is 5.92 Å². The molecule has 0 saturated carbocycles. The summed E-state index contributed by atoms with van der Waals surface area (Å²) in [5, 5.41) is 3.27. The van der Waals surface area contributed by atoms with Crippen LogP contribution in [0.3, 0.4) is 0 Å². The van der Waals surface area contributed by atoms with Crippen LogP contribution in [0.25, 0.3) is 0 Å². The van der Waals surface area contributed by atoms with Crippen molar-refractivity contribution in [3.05, 3.63) is 40.4 Å². The molecular formula is C10H11NS. The summed E-state index contributed by atoms with van der Waals surface area (Å²) >= 11 is 1.74. The molecule has 0 fully saturated rings. The Balaban J connectivity index is 2.19. The molecule has 0 aliphatic heterocycles. The van der Waals surface area contributed by atoms with Gasteiger partial charge in [-0.3, -0.25) is 0 Å². The van der Waals surface area contributed by atoms with Crippen molar-refractivity contribution in [1.82, 2.24) is 4.98 Å². The topological polar surface area (TPSA) is 12.9 Å². The Morgan fingerprint density at radius 3 is 3.17 bits per heavy atom. The zero-order chi connectivity index (χ0) is 8.39. The summed E-state index contributed by atoms with van der Waals surface area (Å²) in [5.41, 5.74) is 1.44. The molecule has 0 radical (unpaired) electrons. The number of thiazole rings is 1. The van der Waals surface area contributed by atoms with Crippen molar-refractivity contribution in [3.63, 3.8) is 0 Å². The highest BCUT2D eigenvalue weighted by molar-refractivity contribution is 7.09. The monoisotopic (exact) mass is 177 g/mol. The van der Waals surface area contributed by atoms with Gasteiger partial charge in [0.25, 0.3) is 0 Å². The van der Waals surface area contributed by atoms with Gasteiger partial charge in [-0.05, 0) is 13.3 Å². The zero-order valence-corrected chi connectivity index (χ0v) is 7.84. The number of hydrogen-bond donors (Lipinski definition) is 0. The van der Waals surface area contributed by atoms with E-state index in [1.54, 1.807) is 11.3 Å². The van der Waals surface area contributed by atoms with E-state index in [1.807, 2.05) is 11.6 Å². The lowest BCUT2D eigenvalue weighted by molar-refractivity contribution is 0.804. The minimum absolute atomic E-state index is 0.523. The predicted octanol–water partition coefficient (Wildman–Crippen LogP) is 3.13. The molecule has 12 heavy (non-hydrogen) atoms. The maximum atomic E-state index is 4.31. The first kappa shape index (κ1) is 7.74. The molecule has 62 valence electrons. The molecule has 1 aliphatic carbocycles. The molecule has 1 heterocycles. The Kier molecular flexibility index (Phi) is 2.09. The highest BCUT2D eigenvalue weighted by Gasteiger charge is 2.12. The molecule has 1 aromatic heterocycles. The van der Waals surface area contributed by atoms with E-state index < -0.39 is 0 Å². The minimum atomic E-state index is 0.523. The first-order chi connectivity index (χ1) is 5.86. The molecule has 1 nitrogen and oxygen atoms in total. The van der Waals surface area contributed by atoms with Gasteiger partial charge < -0.3 is 0 Å². The third kappa shape index (κ3) is 1.48. The van der Waals surface area contributed by atoms with Crippen LogP contribution in [0, 0.1) is 0 Å². The lowest BCUT2D eigenvalue weighted by Crippen LogP contribution is -1.98. The molecular weight excluding hydrogens is 166 g/mol. The number of aromatic nitrogens is 1. The standard InChI is InChI=1S/C10H11NS/c1-8-3-2-4-9(7-8)10-11-5-6-12-10/h2-6,9H,7H2,1H3. The van der Waals surface area contributed by atoms with Crippen LogP contribution in [0.15, 0.2) is 35.4 Å². The molecule has 1 aromatic rings. The van der Waals surface area contributed by atoms with Crippen LogP contribution in [0.5, 0.6) is 0 Å². The zero-order valence-electron chi connectivity index (χ0n) is 7.03. The molecule has 2 heteroatoms. The van der Waals surface area contributed by atoms with Crippen LogP contribution in [0.4, 0.5) is 0 Å². The molecule has 0 amide bonds. The van der Waals surface area contributed by atoms with Crippen LogP contribution in [-0.4, -0.2) is 4.98 Å². The molecule has 1 aliphatic rings. The summed E-state index contributed by atoms with van der Waals surface area (Å²) in [6.07, 6.45) is 9.53. The molecule has 0 N–H and O–H groups in total. The van der Waals surface area contributed by atoms with E-state index in [-0.39, 0.29) is 0 Å². The fraction of sp³-hybridized carbons (Fsp3) is 0.300. The summed E-state index contributed by atoms with van der Waals surface area (Å²) in [5.74, 6) is 0.523. The van der Waals surface area contributed by atoms with Gasteiger partial charge >= 0.3 is 0 Å². The van der Waals surface area contributed by atoms with Crippen LogP contribution < -0.4 is 0 Å². The van der Waals surface area contributed by atoms with Gasteiger partial charge in [0.1, 0.15) is 0 Å². The van der Waals surface area contributed by atoms with Gasteiger partial charge in [-0.15, -0.1) is 11.3 Å². The molecule has 1 atom stereocenters. The number of hydrogen-bond acceptors (Lipinski definition) is 2. The van der Waals surface area contributed by atoms with E-state index >= 15 is 0 Å². The Morgan fingerprint density at radius 2 is 2.50 bits per heavy atom. The lowest BCUT2D eigenvalue weighted by atomic mass is 9.96. The summed E-state index contributed by atoms with van der Waals surface area (Å²) in [7, 11) is 0. The number of rotatable bonds is 1. The highest BCUT2D eigenvalue weighted by Crippen LogP contribution is 2.29. The van der Waals surface area contributed by atoms with Crippen LogP contribution in [0.2, 0.25) is 0 Å². The summed E-state index contributed by atoms with van der Waals surface area (Å²) in [6, 6.07) is 0. The van der Waals surface area contributed by atoms with Crippen molar-refractivity contribution >= 4 is 11.3 Å². The lowest BCUT2D eigenvalue weighted by Gasteiger charge is -2.12. The predicted molar refractivity (Wildman–Crippen MR) is 52.4 cm³/mol. The third-order valence-corrected chi connectivity index (χ3v) is 2.94. The minimum Gasteiger partial charge on any atom is -0.249 e. The van der Waals surface area contributed by atoms with Crippen molar-refractivity contribution in [2.45, 2.75) is 19.3 Å². The van der Waals surface area contributed by atoms with Gasteiger partial charge in [0, 0.05) is 17.5 Å². The summed E-state index contributed by atoms with van der Waals surface area (Å²) in [6.45, 7) is 2.17. The fourth-order valence-electron chi connectivity index (χ4n) is 1.42. The van der Waals surface area contributed by atoms with Crippen molar-refractivity contribution < 1.29 is 0 Å².